The molecule has 0 heterocycles. The fourth-order valence-electron chi connectivity index (χ4n) is 1.21. The maximum atomic E-state index is 12.8. The van der Waals surface area contributed by atoms with Crippen LogP contribution in [0.1, 0.15) is 30.1 Å². The van der Waals surface area contributed by atoms with Crippen LogP contribution in [0.4, 0.5) is 4.39 Å². The van der Waals surface area contributed by atoms with Gasteiger partial charge in [0, 0.05) is 6.42 Å². The third kappa shape index (κ3) is 3.32. The molecule has 4 heteroatoms. The standard InChI is InChI=1S/C11H13FO3/c1-7(13)2-4-10(14)9-6-8(12)3-5-11(9)15/h3,5-7,13,15H,2,4H2,1H3. The predicted molar refractivity (Wildman–Crippen MR) is 53.3 cm³/mol. The number of phenolic OH excluding ortho intramolecular Hbond substituents is 1. The van der Waals surface area contributed by atoms with E-state index in [0.717, 1.165) is 18.2 Å². The number of benzene rings is 1. The van der Waals surface area contributed by atoms with E-state index in [9.17, 15) is 14.3 Å². The minimum Gasteiger partial charge on any atom is -0.507 e. The number of Topliss-reactive ketones (excluding diaryl/α,β-unsaturated/α-hetero) is 1. The lowest BCUT2D eigenvalue weighted by Crippen LogP contribution is -2.06. The van der Waals surface area contributed by atoms with Crippen LogP contribution in [0.5, 0.6) is 5.75 Å². The molecule has 1 aromatic carbocycles. The summed E-state index contributed by atoms with van der Waals surface area (Å²) >= 11 is 0. The van der Waals surface area contributed by atoms with Crippen LogP contribution in [-0.2, 0) is 0 Å². The Balaban J connectivity index is 2.77. The molecule has 0 saturated carbocycles. The normalized spacial score (nSPS) is 12.5. The molecule has 0 amide bonds. The van der Waals surface area contributed by atoms with Crippen molar-refractivity contribution in [1.29, 1.82) is 0 Å². The van der Waals surface area contributed by atoms with Crippen molar-refractivity contribution < 1.29 is 19.4 Å². The van der Waals surface area contributed by atoms with Gasteiger partial charge in [0.25, 0.3) is 0 Å². The summed E-state index contributed by atoms with van der Waals surface area (Å²) < 4.78 is 12.8. The quantitative estimate of drug-likeness (QED) is 0.749. The van der Waals surface area contributed by atoms with E-state index in [1.54, 1.807) is 6.92 Å². The SMILES string of the molecule is CC(O)CCC(=O)c1cc(F)ccc1O. The van der Waals surface area contributed by atoms with Crippen LogP contribution in [0, 0.1) is 5.82 Å². The first kappa shape index (κ1) is 11.7. The van der Waals surface area contributed by atoms with E-state index >= 15 is 0 Å². The fourth-order valence-corrected chi connectivity index (χ4v) is 1.21. The molecule has 2 N–H and O–H groups in total. The number of rotatable bonds is 4. The zero-order valence-electron chi connectivity index (χ0n) is 8.40. The summed E-state index contributed by atoms with van der Waals surface area (Å²) in [6.45, 7) is 1.57. The van der Waals surface area contributed by atoms with Crippen LogP contribution in [0.2, 0.25) is 0 Å². The highest BCUT2D eigenvalue weighted by atomic mass is 19.1. The third-order valence-electron chi connectivity index (χ3n) is 2.05. The Kier molecular flexibility index (Phi) is 3.80. The van der Waals surface area contributed by atoms with Crippen LogP contribution < -0.4 is 0 Å². The van der Waals surface area contributed by atoms with Crippen molar-refractivity contribution in [3.8, 4) is 5.75 Å². The maximum Gasteiger partial charge on any atom is 0.166 e. The lowest BCUT2D eigenvalue weighted by Gasteiger charge is -2.05. The molecule has 1 atom stereocenters. The first-order valence-corrected chi connectivity index (χ1v) is 4.70. The fraction of sp³-hybridized carbons (Fsp3) is 0.364. The van der Waals surface area contributed by atoms with E-state index in [1.807, 2.05) is 0 Å². The van der Waals surface area contributed by atoms with Crippen LogP contribution in [-0.4, -0.2) is 22.1 Å². The molecular weight excluding hydrogens is 199 g/mol. The highest BCUT2D eigenvalue weighted by molar-refractivity contribution is 5.98. The van der Waals surface area contributed by atoms with Crippen LogP contribution >= 0.6 is 0 Å². The van der Waals surface area contributed by atoms with Gasteiger partial charge < -0.3 is 10.2 Å². The minimum atomic E-state index is -0.579. The predicted octanol–water partition coefficient (Wildman–Crippen LogP) is 1.87. The number of halogens is 1. The summed E-state index contributed by atoms with van der Waals surface area (Å²) in [6.07, 6.45) is -0.187. The van der Waals surface area contributed by atoms with Gasteiger partial charge in [0.05, 0.1) is 11.7 Å². The zero-order valence-corrected chi connectivity index (χ0v) is 8.40. The van der Waals surface area contributed by atoms with Crippen molar-refractivity contribution in [1.82, 2.24) is 0 Å². The Morgan fingerprint density at radius 1 is 1.53 bits per heavy atom. The molecule has 82 valence electrons. The molecule has 0 spiro atoms. The molecule has 0 fully saturated rings. The summed E-state index contributed by atoms with van der Waals surface area (Å²) in [5.41, 5.74) is -0.0318. The molecule has 0 saturated heterocycles. The van der Waals surface area contributed by atoms with Crippen LogP contribution in [0.3, 0.4) is 0 Å². The average molecular weight is 212 g/mol. The number of phenols is 1. The van der Waals surface area contributed by atoms with Gasteiger partial charge in [0.15, 0.2) is 5.78 Å². The number of carbonyl (C=O) groups is 1. The van der Waals surface area contributed by atoms with E-state index in [0.29, 0.717) is 6.42 Å². The summed E-state index contributed by atoms with van der Waals surface area (Å²) in [4.78, 5) is 11.5. The molecule has 0 aromatic heterocycles. The van der Waals surface area contributed by atoms with Gasteiger partial charge in [-0.25, -0.2) is 4.39 Å². The van der Waals surface area contributed by atoms with Crippen LogP contribution in [0.25, 0.3) is 0 Å². The molecule has 15 heavy (non-hydrogen) atoms. The topological polar surface area (TPSA) is 57.5 Å². The number of aliphatic hydroxyl groups is 1. The number of carbonyl (C=O) groups excluding carboxylic acids is 1. The Morgan fingerprint density at radius 3 is 2.80 bits per heavy atom. The van der Waals surface area contributed by atoms with Crippen molar-refractivity contribution >= 4 is 5.78 Å². The molecule has 1 rings (SSSR count). The van der Waals surface area contributed by atoms with Gasteiger partial charge in [0.1, 0.15) is 11.6 Å². The monoisotopic (exact) mass is 212 g/mol. The Hall–Kier alpha value is -1.42. The second-order valence-electron chi connectivity index (χ2n) is 3.47. The number of ketones is 1. The van der Waals surface area contributed by atoms with Crippen molar-refractivity contribution in [3.05, 3.63) is 29.6 Å². The largest absolute Gasteiger partial charge is 0.507 e. The van der Waals surface area contributed by atoms with Gasteiger partial charge in [-0.15, -0.1) is 0 Å². The van der Waals surface area contributed by atoms with E-state index in [-0.39, 0.29) is 23.5 Å². The van der Waals surface area contributed by atoms with Gasteiger partial charge in [0.2, 0.25) is 0 Å². The first-order valence-electron chi connectivity index (χ1n) is 4.70. The van der Waals surface area contributed by atoms with Gasteiger partial charge in [-0.1, -0.05) is 0 Å². The van der Waals surface area contributed by atoms with Crippen molar-refractivity contribution in [2.75, 3.05) is 0 Å². The van der Waals surface area contributed by atoms with Crippen molar-refractivity contribution in [2.45, 2.75) is 25.9 Å². The zero-order chi connectivity index (χ0) is 11.4. The number of aliphatic hydroxyl groups excluding tert-OH is 1. The Labute approximate surface area is 87.2 Å². The van der Waals surface area contributed by atoms with Crippen LogP contribution in [0.15, 0.2) is 18.2 Å². The molecule has 1 aromatic rings. The van der Waals surface area contributed by atoms with E-state index < -0.39 is 11.9 Å². The smallest absolute Gasteiger partial charge is 0.166 e. The highest BCUT2D eigenvalue weighted by Crippen LogP contribution is 2.20. The molecule has 1 unspecified atom stereocenters. The third-order valence-corrected chi connectivity index (χ3v) is 2.05. The minimum absolute atomic E-state index is 0.0318. The number of hydrogen-bond donors (Lipinski definition) is 2. The molecular formula is C11H13FO3. The molecule has 0 aliphatic rings. The van der Waals surface area contributed by atoms with Gasteiger partial charge in [-0.2, -0.15) is 0 Å². The average Bonchev–Trinajstić information content (AvgIpc) is 2.18. The van der Waals surface area contributed by atoms with E-state index in [4.69, 9.17) is 5.11 Å². The lowest BCUT2D eigenvalue weighted by atomic mass is 10.0. The van der Waals surface area contributed by atoms with Crippen molar-refractivity contribution in [3.63, 3.8) is 0 Å². The Bertz CT molecular complexity index is 361. The van der Waals surface area contributed by atoms with Crippen molar-refractivity contribution in [2.24, 2.45) is 0 Å². The summed E-state index contributed by atoms with van der Waals surface area (Å²) in [6, 6.07) is 3.23. The summed E-state index contributed by atoms with van der Waals surface area (Å²) in [5, 5.41) is 18.3. The molecule has 3 nitrogen and oxygen atoms in total. The summed E-state index contributed by atoms with van der Waals surface area (Å²) in [7, 11) is 0. The summed E-state index contributed by atoms with van der Waals surface area (Å²) in [5.74, 6) is -1.16. The number of hydrogen-bond acceptors (Lipinski definition) is 3. The molecule has 0 bridgehead atoms. The van der Waals surface area contributed by atoms with E-state index in [1.165, 1.54) is 0 Å². The lowest BCUT2D eigenvalue weighted by molar-refractivity contribution is 0.0946. The second kappa shape index (κ2) is 4.89. The maximum absolute atomic E-state index is 12.8. The molecule has 0 radical (unpaired) electrons. The van der Waals surface area contributed by atoms with Gasteiger partial charge in [-0.05, 0) is 31.5 Å². The van der Waals surface area contributed by atoms with Gasteiger partial charge in [-0.3, -0.25) is 4.79 Å². The Morgan fingerprint density at radius 2 is 2.20 bits per heavy atom. The second-order valence-corrected chi connectivity index (χ2v) is 3.47. The first-order chi connectivity index (χ1) is 7.00. The van der Waals surface area contributed by atoms with Gasteiger partial charge >= 0.3 is 0 Å². The molecule has 0 aliphatic heterocycles. The number of aromatic hydroxyl groups is 1. The van der Waals surface area contributed by atoms with E-state index in [2.05, 4.69) is 0 Å². The highest BCUT2D eigenvalue weighted by Gasteiger charge is 2.12. The molecule has 0 aliphatic carbocycles.